The first-order chi connectivity index (χ1) is 7.20. The SMILES string of the molecule is Cc1ccc(C)c(-c2noc(CN)n2)c1. The molecule has 0 aliphatic carbocycles. The summed E-state index contributed by atoms with van der Waals surface area (Å²) < 4.78 is 4.98. The molecule has 2 N–H and O–H groups in total. The van der Waals surface area contributed by atoms with E-state index in [2.05, 4.69) is 16.2 Å². The molecule has 1 aromatic carbocycles. The minimum absolute atomic E-state index is 0.276. The summed E-state index contributed by atoms with van der Waals surface area (Å²) in [6.07, 6.45) is 0. The zero-order valence-electron chi connectivity index (χ0n) is 8.82. The second-order valence-corrected chi connectivity index (χ2v) is 3.53. The third kappa shape index (κ3) is 1.89. The molecule has 1 aromatic heterocycles. The van der Waals surface area contributed by atoms with Gasteiger partial charge in [-0.1, -0.05) is 22.9 Å². The highest BCUT2D eigenvalue weighted by Gasteiger charge is 2.09. The highest BCUT2D eigenvalue weighted by Crippen LogP contribution is 2.21. The summed E-state index contributed by atoms with van der Waals surface area (Å²) in [5.41, 5.74) is 8.72. The standard InChI is InChI=1S/C11H13N3O/c1-7-3-4-8(2)9(5-7)11-13-10(6-12)15-14-11/h3-5H,6,12H2,1-2H3. The molecule has 0 aliphatic heterocycles. The minimum atomic E-state index is 0.276. The molecule has 4 heteroatoms. The predicted molar refractivity (Wildman–Crippen MR) is 57.1 cm³/mol. The molecule has 0 saturated heterocycles. The average molecular weight is 203 g/mol. The monoisotopic (exact) mass is 203 g/mol. The number of hydrogen-bond acceptors (Lipinski definition) is 4. The van der Waals surface area contributed by atoms with Crippen molar-refractivity contribution in [1.82, 2.24) is 10.1 Å². The summed E-state index contributed by atoms with van der Waals surface area (Å²) in [4.78, 5) is 4.20. The van der Waals surface area contributed by atoms with Gasteiger partial charge in [-0.2, -0.15) is 4.98 Å². The summed E-state index contributed by atoms with van der Waals surface area (Å²) in [6.45, 7) is 4.33. The summed E-state index contributed by atoms with van der Waals surface area (Å²) in [5, 5.41) is 3.89. The number of benzene rings is 1. The van der Waals surface area contributed by atoms with Crippen molar-refractivity contribution in [2.45, 2.75) is 20.4 Å². The average Bonchev–Trinajstić information content (AvgIpc) is 2.70. The van der Waals surface area contributed by atoms with Gasteiger partial charge in [0.25, 0.3) is 0 Å². The third-order valence-electron chi connectivity index (χ3n) is 2.28. The molecule has 1 heterocycles. The van der Waals surface area contributed by atoms with E-state index in [9.17, 15) is 0 Å². The van der Waals surface area contributed by atoms with Crippen molar-refractivity contribution < 1.29 is 4.52 Å². The van der Waals surface area contributed by atoms with Gasteiger partial charge in [0.15, 0.2) is 0 Å². The van der Waals surface area contributed by atoms with Gasteiger partial charge in [0.2, 0.25) is 11.7 Å². The molecular weight excluding hydrogens is 190 g/mol. The second-order valence-electron chi connectivity index (χ2n) is 3.53. The van der Waals surface area contributed by atoms with Crippen molar-refractivity contribution in [2.75, 3.05) is 0 Å². The molecule has 0 aliphatic rings. The first-order valence-electron chi connectivity index (χ1n) is 4.81. The molecule has 0 saturated carbocycles. The molecule has 0 bridgehead atoms. The molecule has 0 atom stereocenters. The zero-order valence-corrected chi connectivity index (χ0v) is 8.82. The first kappa shape index (κ1) is 9.86. The van der Waals surface area contributed by atoms with Gasteiger partial charge in [-0.25, -0.2) is 0 Å². The predicted octanol–water partition coefficient (Wildman–Crippen LogP) is 1.81. The molecule has 15 heavy (non-hydrogen) atoms. The fourth-order valence-corrected chi connectivity index (χ4v) is 1.42. The Hall–Kier alpha value is -1.68. The second kappa shape index (κ2) is 3.82. The minimum Gasteiger partial charge on any atom is -0.338 e. The molecule has 2 aromatic rings. The molecule has 78 valence electrons. The summed E-state index contributed by atoms with van der Waals surface area (Å²) >= 11 is 0. The van der Waals surface area contributed by atoms with Crippen LogP contribution in [0.1, 0.15) is 17.0 Å². The smallest absolute Gasteiger partial charge is 0.240 e. The Morgan fingerprint density at radius 1 is 1.33 bits per heavy atom. The lowest BCUT2D eigenvalue weighted by molar-refractivity contribution is 0.380. The quantitative estimate of drug-likeness (QED) is 0.808. The third-order valence-corrected chi connectivity index (χ3v) is 2.28. The molecule has 0 spiro atoms. The van der Waals surface area contributed by atoms with Crippen LogP contribution < -0.4 is 5.73 Å². The maximum absolute atomic E-state index is 5.41. The Morgan fingerprint density at radius 2 is 2.13 bits per heavy atom. The lowest BCUT2D eigenvalue weighted by atomic mass is 10.1. The lowest BCUT2D eigenvalue weighted by Crippen LogP contribution is -1.96. The molecule has 0 amide bonds. The maximum atomic E-state index is 5.41. The van der Waals surface area contributed by atoms with Crippen LogP contribution in [0.3, 0.4) is 0 Å². The summed E-state index contributed by atoms with van der Waals surface area (Å²) in [5.74, 6) is 1.07. The number of rotatable bonds is 2. The van der Waals surface area contributed by atoms with Crippen molar-refractivity contribution in [3.05, 3.63) is 35.2 Å². The lowest BCUT2D eigenvalue weighted by Gasteiger charge is -2.01. The highest BCUT2D eigenvalue weighted by atomic mass is 16.5. The van der Waals surface area contributed by atoms with E-state index in [-0.39, 0.29) is 6.54 Å². The van der Waals surface area contributed by atoms with E-state index in [0.717, 1.165) is 11.1 Å². The largest absolute Gasteiger partial charge is 0.338 e. The Morgan fingerprint density at radius 3 is 2.80 bits per heavy atom. The van der Waals surface area contributed by atoms with Crippen LogP contribution in [0.25, 0.3) is 11.4 Å². The Labute approximate surface area is 88.1 Å². The normalized spacial score (nSPS) is 10.6. The van der Waals surface area contributed by atoms with E-state index in [4.69, 9.17) is 10.3 Å². The topological polar surface area (TPSA) is 64.9 Å². The molecule has 0 fully saturated rings. The van der Waals surface area contributed by atoms with Gasteiger partial charge in [-0.15, -0.1) is 0 Å². The molecular formula is C11H13N3O. The van der Waals surface area contributed by atoms with Gasteiger partial charge in [0.05, 0.1) is 6.54 Å². The molecule has 0 radical (unpaired) electrons. The van der Waals surface area contributed by atoms with Crippen LogP contribution in [-0.2, 0) is 6.54 Å². The highest BCUT2D eigenvalue weighted by molar-refractivity contribution is 5.60. The number of nitrogens with zero attached hydrogens (tertiary/aromatic N) is 2. The number of hydrogen-bond donors (Lipinski definition) is 1. The van der Waals surface area contributed by atoms with Crippen LogP contribution >= 0.6 is 0 Å². The Kier molecular flexibility index (Phi) is 2.51. The molecule has 2 rings (SSSR count). The van der Waals surface area contributed by atoms with E-state index < -0.39 is 0 Å². The number of nitrogens with two attached hydrogens (primary N) is 1. The van der Waals surface area contributed by atoms with Crippen LogP contribution in [0.4, 0.5) is 0 Å². The van der Waals surface area contributed by atoms with Gasteiger partial charge in [0.1, 0.15) is 0 Å². The van der Waals surface area contributed by atoms with Gasteiger partial charge in [-0.3, -0.25) is 0 Å². The van der Waals surface area contributed by atoms with Gasteiger partial charge < -0.3 is 10.3 Å². The van der Waals surface area contributed by atoms with Crippen LogP contribution in [-0.4, -0.2) is 10.1 Å². The fraction of sp³-hybridized carbons (Fsp3) is 0.273. The zero-order chi connectivity index (χ0) is 10.8. The fourth-order valence-electron chi connectivity index (χ4n) is 1.42. The Bertz CT molecular complexity index is 476. The summed E-state index contributed by atoms with van der Waals surface area (Å²) in [7, 11) is 0. The van der Waals surface area contributed by atoms with Crippen LogP contribution in [0.5, 0.6) is 0 Å². The van der Waals surface area contributed by atoms with Crippen LogP contribution in [0.15, 0.2) is 22.7 Å². The van der Waals surface area contributed by atoms with Gasteiger partial charge in [0, 0.05) is 5.56 Å². The maximum Gasteiger partial charge on any atom is 0.240 e. The molecule has 0 unspecified atom stereocenters. The van der Waals surface area contributed by atoms with Crippen molar-refractivity contribution in [3.8, 4) is 11.4 Å². The van der Waals surface area contributed by atoms with E-state index >= 15 is 0 Å². The van der Waals surface area contributed by atoms with Gasteiger partial charge >= 0.3 is 0 Å². The first-order valence-corrected chi connectivity index (χ1v) is 4.81. The number of aryl methyl sites for hydroxylation is 2. The van der Waals surface area contributed by atoms with E-state index in [1.165, 1.54) is 5.56 Å². The van der Waals surface area contributed by atoms with Crippen LogP contribution in [0.2, 0.25) is 0 Å². The van der Waals surface area contributed by atoms with Gasteiger partial charge in [-0.05, 0) is 25.5 Å². The van der Waals surface area contributed by atoms with Crippen molar-refractivity contribution >= 4 is 0 Å². The van der Waals surface area contributed by atoms with Crippen molar-refractivity contribution in [1.29, 1.82) is 0 Å². The van der Waals surface area contributed by atoms with E-state index in [1.807, 2.05) is 26.0 Å². The molecule has 4 nitrogen and oxygen atoms in total. The van der Waals surface area contributed by atoms with Crippen molar-refractivity contribution in [2.24, 2.45) is 5.73 Å². The summed E-state index contributed by atoms with van der Waals surface area (Å²) in [6, 6.07) is 6.15. The number of aromatic nitrogens is 2. The van der Waals surface area contributed by atoms with E-state index in [1.54, 1.807) is 0 Å². The van der Waals surface area contributed by atoms with E-state index in [0.29, 0.717) is 11.7 Å². The van der Waals surface area contributed by atoms with Crippen molar-refractivity contribution in [3.63, 3.8) is 0 Å². The Balaban J connectivity index is 2.48. The van der Waals surface area contributed by atoms with Crippen LogP contribution in [0, 0.1) is 13.8 Å².